The Morgan fingerprint density at radius 2 is 1.97 bits per heavy atom. The molecule has 29 heavy (non-hydrogen) atoms. The maximum Gasteiger partial charge on any atom is 0.257 e. The van der Waals surface area contributed by atoms with Gasteiger partial charge in [0.2, 0.25) is 5.88 Å². The molecule has 0 fully saturated rings. The van der Waals surface area contributed by atoms with Crippen LogP contribution < -0.4 is 10.1 Å². The number of aromatic nitrogens is 1. The Kier molecular flexibility index (Phi) is 7.80. The number of hydrogen-bond donors (Lipinski definition) is 1. The quantitative estimate of drug-likeness (QED) is 0.501. The highest BCUT2D eigenvalue weighted by molar-refractivity contribution is 5.96. The number of carbonyl (C=O) groups excluding carboxylic acids is 1. The molecule has 3 rings (SSSR count). The number of methoxy groups -OCH3 is 1. The van der Waals surface area contributed by atoms with Crippen LogP contribution in [0.2, 0.25) is 0 Å². The van der Waals surface area contributed by atoms with E-state index >= 15 is 0 Å². The molecule has 0 unspecified atom stereocenters. The molecule has 3 aromatic rings. The highest BCUT2D eigenvalue weighted by atomic mass is 16.5. The number of carbonyl (C=O) groups is 1. The van der Waals surface area contributed by atoms with Gasteiger partial charge in [-0.25, -0.2) is 4.98 Å². The first kappa shape index (κ1) is 20.6. The minimum atomic E-state index is -0.245. The lowest BCUT2D eigenvalue weighted by atomic mass is 10.1. The number of ether oxygens (including phenoxy) is 3. The Morgan fingerprint density at radius 3 is 2.79 bits per heavy atom. The first-order valence-electron chi connectivity index (χ1n) is 9.29. The molecule has 7 heteroatoms. The summed E-state index contributed by atoms with van der Waals surface area (Å²) in [5.41, 5.74) is 2.39. The van der Waals surface area contributed by atoms with Crippen LogP contribution in [0.4, 0.5) is 0 Å². The van der Waals surface area contributed by atoms with Crippen molar-refractivity contribution in [2.75, 3.05) is 20.3 Å². The Bertz CT molecular complexity index is 896. The van der Waals surface area contributed by atoms with Gasteiger partial charge in [0.1, 0.15) is 24.5 Å². The van der Waals surface area contributed by atoms with Crippen molar-refractivity contribution in [1.82, 2.24) is 10.3 Å². The second kappa shape index (κ2) is 11.0. The maximum absolute atomic E-state index is 12.6. The molecular weight excluding hydrogens is 372 g/mol. The molecule has 1 amide bonds. The van der Waals surface area contributed by atoms with Crippen molar-refractivity contribution >= 4 is 5.91 Å². The van der Waals surface area contributed by atoms with E-state index < -0.39 is 0 Å². The molecule has 0 spiro atoms. The average Bonchev–Trinajstić information content (AvgIpc) is 3.26. The zero-order valence-corrected chi connectivity index (χ0v) is 16.3. The van der Waals surface area contributed by atoms with E-state index in [1.54, 1.807) is 31.7 Å². The van der Waals surface area contributed by atoms with E-state index in [9.17, 15) is 4.79 Å². The summed E-state index contributed by atoms with van der Waals surface area (Å²) in [4.78, 5) is 16.7. The van der Waals surface area contributed by atoms with Gasteiger partial charge < -0.3 is 23.9 Å². The third kappa shape index (κ3) is 6.44. The summed E-state index contributed by atoms with van der Waals surface area (Å²) in [5.74, 6) is 0.834. The second-order valence-electron chi connectivity index (χ2n) is 6.27. The molecule has 0 aliphatic rings. The predicted octanol–water partition coefficient (Wildman–Crippen LogP) is 3.35. The van der Waals surface area contributed by atoms with Crippen LogP contribution >= 0.6 is 0 Å². The van der Waals surface area contributed by atoms with E-state index in [4.69, 9.17) is 18.6 Å². The number of pyridine rings is 1. The summed E-state index contributed by atoms with van der Waals surface area (Å²) < 4.78 is 21.4. The Balaban J connectivity index is 1.52. The van der Waals surface area contributed by atoms with E-state index in [-0.39, 0.29) is 5.91 Å². The van der Waals surface area contributed by atoms with Crippen LogP contribution in [0.5, 0.6) is 5.88 Å². The third-order valence-electron chi connectivity index (χ3n) is 4.08. The number of furan rings is 1. The molecule has 0 bridgehead atoms. The zero-order chi connectivity index (χ0) is 20.3. The molecule has 0 aliphatic carbocycles. The fourth-order valence-corrected chi connectivity index (χ4v) is 2.67. The standard InChI is InChI=1S/C22H24N2O5/c1-26-11-12-29-22-20(8-3-9-23-22)21(25)24-14-17-5-2-6-18(13-17)15-27-16-19-7-4-10-28-19/h2-10,13H,11-12,14-16H2,1H3,(H,24,25). The summed E-state index contributed by atoms with van der Waals surface area (Å²) >= 11 is 0. The molecule has 1 aromatic carbocycles. The molecular formula is C22H24N2O5. The summed E-state index contributed by atoms with van der Waals surface area (Å²) in [7, 11) is 1.59. The summed E-state index contributed by atoms with van der Waals surface area (Å²) in [6, 6.07) is 15.0. The van der Waals surface area contributed by atoms with E-state index in [1.165, 1.54) is 0 Å². The normalized spacial score (nSPS) is 10.7. The fourth-order valence-electron chi connectivity index (χ4n) is 2.67. The molecule has 0 saturated carbocycles. The van der Waals surface area contributed by atoms with Crippen molar-refractivity contribution in [3.8, 4) is 5.88 Å². The first-order valence-corrected chi connectivity index (χ1v) is 9.29. The van der Waals surface area contributed by atoms with Gasteiger partial charge >= 0.3 is 0 Å². The van der Waals surface area contributed by atoms with Gasteiger partial charge in [0, 0.05) is 19.9 Å². The minimum Gasteiger partial charge on any atom is -0.475 e. The van der Waals surface area contributed by atoms with Crippen molar-refractivity contribution in [3.05, 3.63) is 83.4 Å². The molecule has 152 valence electrons. The van der Waals surface area contributed by atoms with Crippen LogP contribution in [-0.2, 0) is 29.2 Å². The molecule has 0 radical (unpaired) electrons. The molecule has 2 aromatic heterocycles. The van der Waals surface area contributed by atoms with Gasteiger partial charge in [-0.1, -0.05) is 24.3 Å². The Labute approximate surface area is 169 Å². The van der Waals surface area contributed by atoms with E-state index in [0.717, 1.165) is 16.9 Å². The minimum absolute atomic E-state index is 0.245. The second-order valence-corrected chi connectivity index (χ2v) is 6.27. The van der Waals surface area contributed by atoms with Gasteiger partial charge in [-0.3, -0.25) is 4.79 Å². The highest BCUT2D eigenvalue weighted by Gasteiger charge is 2.13. The SMILES string of the molecule is COCCOc1ncccc1C(=O)NCc1cccc(COCc2ccco2)c1. The van der Waals surface area contributed by atoms with E-state index in [0.29, 0.717) is 44.4 Å². The van der Waals surface area contributed by atoms with E-state index in [1.807, 2.05) is 36.4 Å². The first-order chi connectivity index (χ1) is 14.3. The van der Waals surface area contributed by atoms with Gasteiger partial charge in [0.15, 0.2) is 0 Å². The van der Waals surface area contributed by atoms with Gasteiger partial charge in [-0.15, -0.1) is 0 Å². The molecule has 0 atom stereocenters. The maximum atomic E-state index is 12.6. The highest BCUT2D eigenvalue weighted by Crippen LogP contribution is 2.15. The Hall–Kier alpha value is -3.16. The summed E-state index contributed by atoms with van der Waals surface area (Å²) in [6.07, 6.45) is 3.21. The van der Waals surface area contributed by atoms with Crippen LogP contribution in [0.3, 0.4) is 0 Å². The number of amides is 1. The number of nitrogens with one attached hydrogen (secondary N) is 1. The number of benzene rings is 1. The summed E-state index contributed by atoms with van der Waals surface area (Å²) in [6.45, 7) is 2.01. The number of nitrogens with zero attached hydrogens (tertiary/aromatic N) is 1. The van der Waals surface area contributed by atoms with Crippen LogP contribution in [0.1, 0.15) is 27.2 Å². The largest absolute Gasteiger partial charge is 0.475 e. The van der Waals surface area contributed by atoms with Crippen LogP contribution in [-0.4, -0.2) is 31.2 Å². The molecule has 7 nitrogen and oxygen atoms in total. The number of hydrogen-bond acceptors (Lipinski definition) is 6. The van der Waals surface area contributed by atoms with Gasteiger partial charge in [-0.2, -0.15) is 0 Å². The predicted molar refractivity (Wildman–Crippen MR) is 106 cm³/mol. The van der Waals surface area contributed by atoms with Gasteiger partial charge in [-0.05, 0) is 35.4 Å². The lowest BCUT2D eigenvalue weighted by Crippen LogP contribution is -2.24. The monoisotopic (exact) mass is 396 g/mol. The molecule has 1 N–H and O–H groups in total. The van der Waals surface area contributed by atoms with Crippen LogP contribution in [0.25, 0.3) is 0 Å². The third-order valence-corrected chi connectivity index (χ3v) is 4.08. The molecule has 0 aliphatic heterocycles. The van der Waals surface area contributed by atoms with Crippen LogP contribution in [0, 0.1) is 0 Å². The van der Waals surface area contributed by atoms with Crippen molar-refractivity contribution in [3.63, 3.8) is 0 Å². The number of rotatable bonds is 11. The lowest BCUT2D eigenvalue weighted by molar-refractivity contribution is 0.0928. The molecule has 0 saturated heterocycles. The van der Waals surface area contributed by atoms with Crippen molar-refractivity contribution in [2.24, 2.45) is 0 Å². The topological polar surface area (TPSA) is 82.8 Å². The van der Waals surface area contributed by atoms with Crippen molar-refractivity contribution < 1.29 is 23.4 Å². The average molecular weight is 396 g/mol. The van der Waals surface area contributed by atoms with Crippen molar-refractivity contribution in [1.29, 1.82) is 0 Å². The van der Waals surface area contributed by atoms with Crippen LogP contribution in [0.15, 0.2) is 65.4 Å². The van der Waals surface area contributed by atoms with Crippen molar-refractivity contribution in [2.45, 2.75) is 19.8 Å². The van der Waals surface area contributed by atoms with Gasteiger partial charge in [0.05, 0.1) is 19.5 Å². The van der Waals surface area contributed by atoms with Gasteiger partial charge in [0.25, 0.3) is 5.91 Å². The summed E-state index contributed by atoms with van der Waals surface area (Å²) in [5, 5.41) is 2.91. The lowest BCUT2D eigenvalue weighted by Gasteiger charge is -2.11. The Morgan fingerprint density at radius 1 is 1.07 bits per heavy atom. The molecule has 2 heterocycles. The zero-order valence-electron chi connectivity index (χ0n) is 16.3. The fraction of sp³-hybridized carbons (Fsp3) is 0.273. The van der Waals surface area contributed by atoms with E-state index in [2.05, 4.69) is 10.3 Å². The smallest absolute Gasteiger partial charge is 0.257 e.